The van der Waals surface area contributed by atoms with Crippen molar-refractivity contribution in [1.29, 1.82) is 0 Å². The van der Waals surface area contributed by atoms with Gasteiger partial charge in [-0.15, -0.1) is 0 Å². The highest BCUT2D eigenvalue weighted by Crippen LogP contribution is 2.27. The van der Waals surface area contributed by atoms with E-state index in [-0.39, 0.29) is 0 Å². The molecule has 0 aliphatic carbocycles. The fourth-order valence-corrected chi connectivity index (χ4v) is 3.95. The van der Waals surface area contributed by atoms with Crippen molar-refractivity contribution in [1.82, 2.24) is 9.97 Å². The minimum atomic E-state index is 0.613. The molecule has 4 rings (SSSR count). The van der Waals surface area contributed by atoms with Crippen LogP contribution in [0.1, 0.15) is 11.1 Å². The number of nitrogen functional groups attached to an aromatic ring is 2. The second-order valence-electron chi connectivity index (χ2n) is 4.89. The molecule has 0 saturated heterocycles. The number of benzene rings is 2. The molecule has 2 heterocycles. The molecule has 6 heteroatoms. The molecule has 21 heavy (non-hydrogen) atoms. The number of fused-ring (bicyclic) bond motifs is 2. The lowest BCUT2D eigenvalue weighted by Crippen LogP contribution is -1.88. The van der Waals surface area contributed by atoms with Crippen LogP contribution in [0, 0.1) is 0 Å². The van der Waals surface area contributed by atoms with Gasteiger partial charge in [-0.05, 0) is 41.8 Å². The van der Waals surface area contributed by atoms with Crippen LogP contribution >= 0.6 is 22.7 Å². The first-order valence-corrected chi connectivity index (χ1v) is 8.10. The highest BCUT2D eigenvalue weighted by atomic mass is 32.1. The molecule has 0 atom stereocenters. The second-order valence-corrected chi connectivity index (χ2v) is 7.01. The SMILES string of the molecule is Nc1nc2cc(Cc3ccc4nc(N)sc4c3)ccc2s1. The second kappa shape index (κ2) is 4.68. The Balaban J connectivity index is 1.70. The van der Waals surface area contributed by atoms with E-state index in [1.807, 2.05) is 6.07 Å². The first kappa shape index (κ1) is 12.6. The lowest BCUT2D eigenvalue weighted by Gasteiger charge is -2.02. The Morgan fingerprint density at radius 1 is 0.762 bits per heavy atom. The predicted octanol–water partition coefficient (Wildman–Crippen LogP) is 3.66. The summed E-state index contributed by atoms with van der Waals surface area (Å²) in [6, 6.07) is 12.6. The summed E-state index contributed by atoms with van der Waals surface area (Å²) in [5, 5.41) is 1.23. The predicted molar refractivity (Wildman–Crippen MR) is 90.9 cm³/mol. The van der Waals surface area contributed by atoms with Crippen molar-refractivity contribution in [3.05, 3.63) is 47.5 Å². The molecule has 0 fully saturated rings. The number of nitrogens with zero attached hydrogens (tertiary/aromatic N) is 2. The van der Waals surface area contributed by atoms with E-state index in [1.165, 1.54) is 33.8 Å². The van der Waals surface area contributed by atoms with Crippen LogP contribution in [0.25, 0.3) is 20.4 Å². The summed E-state index contributed by atoms with van der Waals surface area (Å²) in [6.07, 6.45) is 0.862. The summed E-state index contributed by atoms with van der Waals surface area (Å²) in [5.41, 5.74) is 15.9. The van der Waals surface area contributed by atoms with Crippen LogP contribution in [-0.4, -0.2) is 9.97 Å². The molecule has 0 amide bonds. The summed E-state index contributed by atoms with van der Waals surface area (Å²) in [6.45, 7) is 0. The molecule has 0 spiro atoms. The maximum absolute atomic E-state index is 5.75. The topological polar surface area (TPSA) is 77.8 Å². The van der Waals surface area contributed by atoms with Crippen molar-refractivity contribution < 1.29 is 0 Å². The van der Waals surface area contributed by atoms with Crippen molar-refractivity contribution in [2.24, 2.45) is 0 Å². The van der Waals surface area contributed by atoms with Gasteiger partial charge in [-0.1, -0.05) is 34.8 Å². The highest BCUT2D eigenvalue weighted by Gasteiger charge is 2.05. The molecule has 4 N–H and O–H groups in total. The first-order chi connectivity index (χ1) is 10.2. The summed E-state index contributed by atoms with van der Waals surface area (Å²) in [5.74, 6) is 0. The number of hydrogen-bond acceptors (Lipinski definition) is 6. The molecule has 0 saturated carbocycles. The summed E-state index contributed by atoms with van der Waals surface area (Å²) >= 11 is 3.04. The molecule has 4 nitrogen and oxygen atoms in total. The molecule has 0 radical (unpaired) electrons. The summed E-state index contributed by atoms with van der Waals surface area (Å²) in [7, 11) is 0. The molecule has 0 aliphatic heterocycles. The molecule has 0 unspecified atom stereocenters. The Morgan fingerprint density at radius 2 is 1.43 bits per heavy atom. The van der Waals surface area contributed by atoms with Crippen LogP contribution in [0.3, 0.4) is 0 Å². The van der Waals surface area contributed by atoms with Crippen molar-refractivity contribution in [2.75, 3.05) is 11.5 Å². The quantitative estimate of drug-likeness (QED) is 0.592. The van der Waals surface area contributed by atoms with Gasteiger partial charge in [-0.3, -0.25) is 0 Å². The van der Waals surface area contributed by atoms with Gasteiger partial charge in [0.15, 0.2) is 10.3 Å². The Bertz CT molecular complexity index is 877. The maximum Gasteiger partial charge on any atom is 0.181 e. The van der Waals surface area contributed by atoms with Crippen LogP contribution in [0.2, 0.25) is 0 Å². The van der Waals surface area contributed by atoms with Gasteiger partial charge in [0.05, 0.1) is 20.4 Å². The van der Waals surface area contributed by atoms with Gasteiger partial charge >= 0.3 is 0 Å². The van der Waals surface area contributed by atoms with Gasteiger partial charge in [0.1, 0.15) is 0 Å². The van der Waals surface area contributed by atoms with Crippen molar-refractivity contribution in [3.8, 4) is 0 Å². The largest absolute Gasteiger partial charge is 0.375 e. The number of nitrogens with two attached hydrogens (primary N) is 2. The Kier molecular flexibility index (Phi) is 2.80. The van der Waals surface area contributed by atoms with Crippen LogP contribution < -0.4 is 11.5 Å². The van der Waals surface area contributed by atoms with Gasteiger partial charge in [0.2, 0.25) is 0 Å². The monoisotopic (exact) mass is 312 g/mol. The van der Waals surface area contributed by atoms with E-state index in [2.05, 4.69) is 40.3 Å². The van der Waals surface area contributed by atoms with Gasteiger partial charge < -0.3 is 11.5 Å². The molecule has 2 aromatic carbocycles. The van der Waals surface area contributed by atoms with E-state index in [9.17, 15) is 0 Å². The molecule has 2 aromatic heterocycles. The molecule has 0 aliphatic rings. The third-order valence-electron chi connectivity index (χ3n) is 3.35. The van der Waals surface area contributed by atoms with E-state index in [4.69, 9.17) is 11.5 Å². The van der Waals surface area contributed by atoms with Crippen molar-refractivity contribution >= 4 is 53.4 Å². The standard InChI is InChI=1S/C15H12N4S2/c16-14-18-10-3-1-9(7-13(10)21-14)5-8-2-4-12-11(6-8)19-15(17)20-12/h1-4,6-7H,5H2,(H2,16,18)(H2,17,19). The highest BCUT2D eigenvalue weighted by molar-refractivity contribution is 7.22. The minimum absolute atomic E-state index is 0.613. The number of hydrogen-bond donors (Lipinski definition) is 2. The molecular formula is C15H12N4S2. The Morgan fingerprint density at radius 3 is 2.29 bits per heavy atom. The zero-order valence-electron chi connectivity index (χ0n) is 11.0. The zero-order chi connectivity index (χ0) is 14.4. The number of aromatic nitrogens is 2. The average Bonchev–Trinajstić information content (AvgIpc) is 2.98. The fourth-order valence-electron chi connectivity index (χ4n) is 2.43. The fraction of sp³-hybridized carbons (Fsp3) is 0.0667. The molecular weight excluding hydrogens is 300 g/mol. The third-order valence-corrected chi connectivity index (χ3v) is 5.06. The zero-order valence-corrected chi connectivity index (χ0v) is 12.7. The van der Waals surface area contributed by atoms with E-state index in [1.54, 1.807) is 0 Å². The molecule has 104 valence electrons. The van der Waals surface area contributed by atoms with Gasteiger partial charge in [0.25, 0.3) is 0 Å². The van der Waals surface area contributed by atoms with E-state index < -0.39 is 0 Å². The maximum atomic E-state index is 5.75. The van der Waals surface area contributed by atoms with Crippen LogP contribution in [-0.2, 0) is 6.42 Å². The van der Waals surface area contributed by atoms with Crippen LogP contribution in [0.4, 0.5) is 10.3 Å². The van der Waals surface area contributed by atoms with Crippen LogP contribution in [0.5, 0.6) is 0 Å². The van der Waals surface area contributed by atoms with Gasteiger partial charge in [-0.25, -0.2) is 9.97 Å². The van der Waals surface area contributed by atoms with Gasteiger partial charge in [-0.2, -0.15) is 0 Å². The molecule has 4 aromatic rings. The normalized spacial score (nSPS) is 11.4. The average molecular weight is 312 g/mol. The Labute approximate surface area is 129 Å². The molecule has 0 bridgehead atoms. The number of anilines is 2. The third kappa shape index (κ3) is 2.32. The number of rotatable bonds is 2. The summed E-state index contributed by atoms with van der Waals surface area (Å²) < 4.78 is 2.26. The van der Waals surface area contributed by atoms with Crippen molar-refractivity contribution in [3.63, 3.8) is 0 Å². The van der Waals surface area contributed by atoms with E-state index in [0.717, 1.165) is 26.9 Å². The van der Waals surface area contributed by atoms with E-state index >= 15 is 0 Å². The lowest BCUT2D eigenvalue weighted by atomic mass is 10.0. The Hall–Kier alpha value is -2.18. The summed E-state index contributed by atoms with van der Waals surface area (Å²) in [4.78, 5) is 8.62. The smallest absolute Gasteiger partial charge is 0.181 e. The van der Waals surface area contributed by atoms with Crippen LogP contribution in [0.15, 0.2) is 36.4 Å². The number of thiazole rings is 2. The van der Waals surface area contributed by atoms with Gasteiger partial charge in [0, 0.05) is 0 Å². The lowest BCUT2D eigenvalue weighted by molar-refractivity contribution is 1.20. The first-order valence-electron chi connectivity index (χ1n) is 6.47. The van der Waals surface area contributed by atoms with E-state index in [0.29, 0.717) is 10.3 Å². The van der Waals surface area contributed by atoms with Crippen molar-refractivity contribution in [2.45, 2.75) is 6.42 Å². The minimum Gasteiger partial charge on any atom is -0.375 e.